The molecule has 0 atom stereocenters. The molecule has 0 aliphatic heterocycles. The second kappa shape index (κ2) is 7.23. The second-order valence-electron chi connectivity index (χ2n) is 6.02. The van der Waals surface area contributed by atoms with Gasteiger partial charge in [0.15, 0.2) is 0 Å². The lowest BCUT2D eigenvalue weighted by Gasteiger charge is -2.30. The minimum absolute atomic E-state index is 0.0478. The van der Waals surface area contributed by atoms with Crippen LogP contribution in [-0.4, -0.2) is 36.0 Å². The molecule has 31 heavy (non-hydrogen) atoms. The van der Waals surface area contributed by atoms with Gasteiger partial charge in [0.25, 0.3) is 0 Å². The van der Waals surface area contributed by atoms with Crippen molar-refractivity contribution in [2.45, 2.75) is 31.1 Å². The lowest BCUT2D eigenvalue weighted by Crippen LogP contribution is -2.60. The summed E-state index contributed by atoms with van der Waals surface area (Å²) in [6.07, 6.45) is -13.5. The van der Waals surface area contributed by atoms with Crippen molar-refractivity contribution in [1.29, 1.82) is 0 Å². The normalized spacial score (nSPS) is 13.4. The lowest BCUT2D eigenvalue weighted by molar-refractivity contribution is -0.273. The average Bonchev–Trinajstić information content (AvgIpc) is 2.59. The van der Waals surface area contributed by atoms with Gasteiger partial charge in [-0.15, -0.1) is 0 Å². The summed E-state index contributed by atoms with van der Waals surface area (Å²) in [5, 5.41) is -0.0478. The number of carbonyl (C=O) groups is 2. The Hall–Kier alpha value is -3.13. The third kappa shape index (κ3) is 4.07. The SMILES string of the molecule is Cc1cc(=O)oc2cc(N(C(=O)C(F)(F)C(F)(F)F)C(=O)C(F)(F)C(F)(F)F)ccc12. The standard InChI is InChI=1S/C16H7F10NO4/c1-6-4-10(28)31-9-5-7(2-3-8(6)9)27(11(29)13(17,18)15(21,22)23)12(30)14(19,20)16(24,25)26/h2-5H,1H3. The average molecular weight is 467 g/mol. The van der Waals surface area contributed by atoms with Crippen LogP contribution in [0.15, 0.2) is 33.5 Å². The maximum atomic E-state index is 13.5. The van der Waals surface area contributed by atoms with E-state index in [0.717, 1.165) is 12.1 Å². The van der Waals surface area contributed by atoms with Crippen LogP contribution in [0.3, 0.4) is 0 Å². The van der Waals surface area contributed by atoms with Crippen molar-refractivity contribution in [1.82, 2.24) is 0 Å². The van der Waals surface area contributed by atoms with E-state index in [0.29, 0.717) is 6.07 Å². The fourth-order valence-corrected chi connectivity index (χ4v) is 2.30. The van der Waals surface area contributed by atoms with Crippen molar-refractivity contribution in [2.24, 2.45) is 0 Å². The number of anilines is 1. The Morgan fingerprint density at radius 1 is 0.806 bits per heavy atom. The number of aryl methyl sites for hydroxylation is 1. The number of alkyl halides is 10. The highest BCUT2D eigenvalue weighted by molar-refractivity contribution is 6.20. The minimum Gasteiger partial charge on any atom is -0.423 e. The van der Waals surface area contributed by atoms with Crippen LogP contribution < -0.4 is 10.5 Å². The quantitative estimate of drug-likeness (QED) is 0.497. The first-order valence-electron chi connectivity index (χ1n) is 7.65. The van der Waals surface area contributed by atoms with E-state index >= 15 is 0 Å². The number of hydrogen-bond acceptors (Lipinski definition) is 4. The number of imide groups is 1. The maximum absolute atomic E-state index is 13.5. The molecule has 0 spiro atoms. The van der Waals surface area contributed by atoms with Crippen LogP contribution in [0.2, 0.25) is 0 Å². The summed E-state index contributed by atoms with van der Waals surface area (Å²) < 4.78 is 134. The number of rotatable bonds is 3. The number of carbonyl (C=O) groups excluding carboxylic acids is 2. The molecule has 1 aromatic carbocycles. The van der Waals surface area contributed by atoms with Crippen LogP contribution in [0, 0.1) is 6.92 Å². The van der Waals surface area contributed by atoms with Gasteiger partial charge in [-0.3, -0.25) is 9.59 Å². The van der Waals surface area contributed by atoms with Crippen LogP contribution in [0.25, 0.3) is 11.0 Å². The summed E-state index contributed by atoms with van der Waals surface area (Å²) >= 11 is 0. The van der Waals surface area contributed by atoms with Crippen molar-refractivity contribution in [3.05, 3.63) is 40.2 Å². The number of halogens is 10. The van der Waals surface area contributed by atoms with Crippen molar-refractivity contribution < 1.29 is 57.9 Å². The molecular weight excluding hydrogens is 460 g/mol. The Bertz CT molecular complexity index is 1060. The van der Waals surface area contributed by atoms with E-state index in [1.54, 1.807) is 0 Å². The van der Waals surface area contributed by atoms with Gasteiger partial charge in [-0.05, 0) is 24.6 Å². The van der Waals surface area contributed by atoms with Gasteiger partial charge in [0, 0.05) is 17.5 Å². The summed E-state index contributed by atoms with van der Waals surface area (Å²) in [7, 11) is 0. The van der Waals surface area contributed by atoms with Crippen molar-refractivity contribution in [2.75, 3.05) is 4.90 Å². The van der Waals surface area contributed by atoms with Crippen LogP contribution in [0.5, 0.6) is 0 Å². The van der Waals surface area contributed by atoms with Gasteiger partial charge in [-0.1, -0.05) is 0 Å². The predicted octanol–water partition coefficient (Wildman–Crippen LogP) is 4.36. The molecule has 0 aliphatic rings. The summed E-state index contributed by atoms with van der Waals surface area (Å²) in [6.45, 7) is 1.29. The summed E-state index contributed by atoms with van der Waals surface area (Å²) in [5.74, 6) is -20.5. The lowest BCUT2D eigenvalue weighted by atomic mass is 10.1. The van der Waals surface area contributed by atoms with Gasteiger partial charge in [-0.25, -0.2) is 9.69 Å². The highest BCUT2D eigenvalue weighted by Crippen LogP contribution is 2.42. The molecule has 170 valence electrons. The van der Waals surface area contributed by atoms with Gasteiger partial charge in [0.1, 0.15) is 5.58 Å². The molecule has 0 aliphatic carbocycles. The molecule has 0 saturated heterocycles. The van der Waals surface area contributed by atoms with E-state index in [9.17, 15) is 58.3 Å². The molecule has 0 radical (unpaired) electrons. The molecule has 0 bridgehead atoms. The molecule has 2 aromatic rings. The largest absolute Gasteiger partial charge is 0.463 e. The van der Waals surface area contributed by atoms with Gasteiger partial charge in [0.2, 0.25) is 0 Å². The summed E-state index contributed by atoms with van der Waals surface area (Å²) in [5.41, 5.74) is -3.24. The molecule has 0 saturated carbocycles. The van der Waals surface area contributed by atoms with Crippen LogP contribution in [0.4, 0.5) is 49.6 Å². The molecule has 2 amide bonds. The number of amides is 2. The van der Waals surface area contributed by atoms with Crippen LogP contribution in [-0.2, 0) is 9.59 Å². The summed E-state index contributed by atoms with van der Waals surface area (Å²) in [4.78, 5) is 33.2. The van der Waals surface area contributed by atoms with Gasteiger partial charge in [0.05, 0.1) is 5.69 Å². The van der Waals surface area contributed by atoms with Crippen LogP contribution >= 0.6 is 0 Å². The van der Waals surface area contributed by atoms with Crippen molar-refractivity contribution >= 4 is 28.5 Å². The molecule has 1 heterocycles. The van der Waals surface area contributed by atoms with Gasteiger partial charge >= 0.3 is 41.6 Å². The molecular formula is C16H7F10NO4. The predicted molar refractivity (Wildman–Crippen MR) is 81.7 cm³/mol. The molecule has 0 fully saturated rings. The van der Waals surface area contributed by atoms with E-state index in [1.165, 1.54) is 6.92 Å². The van der Waals surface area contributed by atoms with Gasteiger partial charge in [-0.2, -0.15) is 43.9 Å². The van der Waals surface area contributed by atoms with E-state index in [4.69, 9.17) is 0 Å². The Morgan fingerprint density at radius 3 is 1.68 bits per heavy atom. The molecule has 0 unspecified atom stereocenters. The third-order valence-corrected chi connectivity index (χ3v) is 3.85. The Morgan fingerprint density at radius 2 is 1.26 bits per heavy atom. The van der Waals surface area contributed by atoms with Crippen molar-refractivity contribution in [3.8, 4) is 0 Å². The number of fused-ring (bicyclic) bond motifs is 1. The molecule has 1 aromatic heterocycles. The second-order valence-corrected chi connectivity index (χ2v) is 6.02. The monoisotopic (exact) mass is 467 g/mol. The van der Waals surface area contributed by atoms with E-state index in [2.05, 4.69) is 4.42 Å². The van der Waals surface area contributed by atoms with Crippen LogP contribution in [0.1, 0.15) is 5.56 Å². The first kappa shape index (κ1) is 24.1. The molecule has 15 heteroatoms. The number of nitrogens with zero attached hydrogens (tertiary/aromatic N) is 1. The molecule has 0 N–H and O–H groups in total. The minimum atomic E-state index is -6.74. The number of hydrogen-bond donors (Lipinski definition) is 0. The Balaban J connectivity index is 2.79. The maximum Gasteiger partial charge on any atom is 0.463 e. The first-order chi connectivity index (χ1) is 13.8. The Kier molecular flexibility index (Phi) is 5.63. The van der Waals surface area contributed by atoms with E-state index in [1.807, 2.05) is 0 Å². The fraction of sp³-hybridized carbons (Fsp3) is 0.312. The zero-order valence-corrected chi connectivity index (χ0v) is 14.7. The topological polar surface area (TPSA) is 67.6 Å². The third-order valence-electron chi connectivity index (χ3n) is 3.85. The summed E-state index contributed by atoms with van der Waals surface area (Å²) in [6, 6.07) is 2.21. The zero-order chi connectivity index (χ0) is 24.2. The van der Waals surface area contributed by atoms with E-state index < -0.39 is 57.8 Å². The fourth-order valence-electron chi connectivity index (χ4n) is 2.30. The molecule has 2 rings (SSSR count). The first-order valence-corrected chi connectivity index (χ1v) is 7.65. The zero-order valence-electron chi connectivity index (χ0n) is 14.7. The molecule has 5 nitrogen and oxygen atoms in total. The number of benzene rings is 1. The Labute approximate surface area is 163 Å². The highest BCUT2D eigenvalue weighted by atomic mass is 19.4. The van der Waals surface area contributed by atoms with Crippen molar-refractivity contribution in [3.63, 3.8) is 0 Å². The highest BCUT2D eigenvalue weighted by Gasteiger charge is 2.70. The van der Waals surface area contributed by atoms with E-state index in [-0.39, 0.29) is 17.0 Å². The van der Waals surface area contributed by atoms with Gasteiger partial charge < -0.3 is 4.42 Å². The smallest absolute Gasteiger partial charge is 0.423 e.